The van der Waals surface area contributed by atoms with Gasteiger partial charge in [-0.05, 0) is 6.07 Å². The first-order valence-electron chi connectivity index (χ1n) is 5.74. The SMILES string of the molecule is NC(=O)CCNC(=O)c1cncc(C#CCCO)c1. The summed E-state index contributed by atoms with van der Waals surface area (Å²) in [5.74, 6) is 4.73. The lowest BCUT2D eigenvalue weighted by molar-refractivity contribution is -0.117. The zero-order valence-electron chi connectivity index (χ0n) is 10.3. The number of carbonyl (C=O) groups excluding carboxylic acids is 2. The van der Waals surface area contributed by atoms with Crippen molar-refractivity contribution in [3.8, 4) is 11.8 Å². The van der Waals surface area contributed by atoms with Crippen LogP contribution in [-0.4, -0.2) is 35.1 Å². The Labute approximate surface area is 111 Å². The van der Waals surface area contributed by atoms with Crippen LogP contribution in [0.3, 0.4) is 0 Å². The molecule has 0 fully saturated rings. The second-order valence-corrected chi connectivity index (χ2v) is 3.71. The highest BCUT2D eigenvalue weighted by Crippen LogP contribution is 2.01. The highest BCUT2D eigenvalue weighted by Gasteiger charge is 2.06. The van der Waals surface area contributed by atoms with E-state index in [1.165, 1.54) is 12.4 Å². The molecule has 0 saturated carbocycles. The molecule has 0 aromatic carbocycles. The monoisotopic (exact) mass is 261 g/mol. The minimum absolute atomic E-state index is 0.00623. The van der Waals surface area contributed by atoms with E-state index in [2.05, 4.69) is 22.1 Å². The van der Waals surface area contributed by atoms with E-state index in [0.717, 1.165) is 0 Å². The summed E-state index contributed by atoms with van der Waals surface area (Å²) >= 11 is 0. The summed E-state index contributed by atoms with van der Waals surface area (Å²) in [7, 11) is 0. The van der Waals surface area contributed by atoms with Gasteiger partial charge in [-0.2, -0.15) is 0 Å². The molecular weight excluding hydrogens is 246 g/mol. The highest BCUT2D eigenvalue weighted by molar-refractivity contribution is 5.94. The third-order valence-corrected chi connectivity index (χ3v) is 2.13. The number of rotatable bonds is 5. The second kappa shape index (κ2) is 7.84. The Hall–Kier alpha value is -2.39. The van der Waals surface area contributed by atoms with E-state index in [-0.39, 0.29) is 25.5 Å². The lowest BCUT2D eigenvalue weighted by Crippen LogP contribution is -2.27. The van der Waals surface area contributed by atoms with Crippen LogP contribution in [0.2, 0.25) is 0 Å². The number of carbonyl (C=O) groups is 2. The Morgan fingerprint density at radius 1 is 1.42 bits per heavy atom. The summed E-state index contributed by atoms with van der Waals surface area (Å²) < 4.78 is 0. The second-order valence-electron chi connectivity index (χ2n) is 3.71. The van der Waals surface area contributed by atoms with Crippen LogP contribution in [0.25, 0.3) is 0 Å². The standard InChI is InChI=1S/C13H15N3O3/c14-12(18)4-5-16-13(19)11-7-10(8-15-9-11)3-1-2-6-17/h7-9,17H,2,4-6H2,(H2,14,18)(H,16,19). The maximum Gasteiger partial charge on any atom is 0.252 e. The van der Waals surface area contributed by atoms with Gasteiger partial charge >= 0.3 is 0 Å². The van der Waals surface area contributed by atoms with Gasteiger partial charge in [0.1, 0.15) is 0 Å². The fourth-order valence-electron chi connectivity index (χ4n) is 1.25. The van der Waals surface area contributed by atoms with Crippen LogP contribution < -0.4 is 11.1 Å². The molecule has 1 heterocycles. The molecule has 6 nitrogen and oxygen atoms in total. The summed E-state index contributed by atoms with van der Waals surface area (Å²) in [6, 6.07) is 1.59. The largest absolute Gasteiger partial charge is 0.395 e. The molecule has 0 atom stereocenters. The average molecular weight is 261 g/mol. The van der Waals surface area contributed by atoms with Crippen molar-refractivity contribution in [2.24, 2.45) is 5.73 Å². The summed E-state index contributed by atoms with van der Waals surface area (Å²) in [6.07, 6.45) is 3.41. The van der Waals surface area contributed by atoms with Crippen LogP contribution in [0, 0.1) is 11.8 Å². The van der Waals surface area contributed by atoms with E-state index in [1.54, 1.807) is 6.07 Å². The number of nitrogens with two attached hydrogens (primary N) is 1. The smallest absolute Gasteiger partial charge is 0.252 e. The zero-order valence-corrected chi connectivity index (χ0v) is 10.3. The summed E-state index contributed by atoms with van der Waals surface area (Å²) in [5.41, 5.74) is 5.92. The molecule has 0 aliphatic rings. The fraction of sp³-hybridized carbons (Fsp3) is 0.308. The molecule has 0 aliphatic carbocycles. The number of nitrogens with one attached hydrogen (secondary N) is 1. The molecule has 0 spiro atoms. The maximum absolute atomic E-state index is 11.7. The molecule has 2 amide bonds. The number of hydrogen-bond acceptors (Lipinski definition) is 4. The van der Waals surface area contributed by atoms with Crippen molar-refractivity contribution >= 4 is 11.8 Å². The molecular formula is C13H15N3O3. The molecule has 19 heavy (non-hydrogen) atoms. The van der Waals surface area contributed by atoms with Crippen LogP contribution in [0.15, 0.2) is 18.5 Å². The van der Waals surface area contributed by atoms with Gasteiger partial charge in [0.25, 0.3) is 5.91 Å². The van der Waals surface area contributed by atoms with E-state index < -0.39 is 5.91 Å². The van der Waals surface area contributed by atoms with Crippen LogP contribution in [0.4, 0.5) is 0 Å². The van der Waals surface area contributed by atoms with Crippen molar-refractivity contribution in [3.63, 3.8) is 0 Å². The van der Waals surface area contributed by atoms with Crippen LogP contribution in [0.1, 0.15) is 28.8 Å². The average Bonchev–Trinajstić information content (AvgIpc) is 2.39. The predicted octanol–water partition coefficient (Wildman–Crippen LogP) is -0.579. The van der Waals surface area contributed by atoms with E-state index in [0.29, 0.717) is 17.5 Å². The molecule has 6 heteroatoms. The Kier molecular flexibility index (Phi) is 6.06. The van der Waals surface area contributed by atoms with Gasteiger partial charge in [-0.15, -0.1) is 0 Å². The number of primary amides is 1. The van der Waals surface area contributed by atoms with Crippen LogP contribution >= 0.6 is 0 Å². The molecule has 1 aromatic rings. The number of aromatic nitrogens is 1. The van der Waals surface area contributed by atoms with E-state index in [4.69, 9.17) is 10.8 Å². The number of pyridine rings is 1. The summed E-state index contributed by atoms with van der Waals surface area (Å²) in [6.45, 7) is 0.183. The Balaban J connectivity index is 2.63. The molecule has 1 aromatic heterocycles. The van der Waals surface area contributed by atoms with Gasteiger partial charge in [0.15, 0.2) is 0 Å². The predicted molar refractivity (Wildman–Crippen MR) is 69.0 cm³/mol. The first-order valence-corrected chi connectivity index (χ1v) is 5.74. The number of hydrogen-bond donors (Lipinski definition) is 3. The van der Waals surface area contributed by atoms with Crippen LogP contribution in [0.5, 0.6) is 0 Å². The van der Waals surface area contributed by atoms with Crippen molar-refractivity contribution in [2.75, 3.05) is 13.2 Å². The van der Waals surface area contributed by atoms with Crippen molar-refractivity contribution in [1.82, 2.24) is 10.3 Å². The van der Waals surface area contributed by atoms with E-state index >= 15 is 0 Å². The molecule has 4 N–H and O–H groups in total. The number of amides is 2. The van der Waals surface area contributed by atoms with Gasteiger partial charge in [0.2, 0.25) is 5.91 Å². The van der Waals surface area contributed by atoms with Gasteiger partial charge < -0.3 is 16.2 Å². The quantitative estimate of drug-likeness (QED) is 0.617. The topological polar surface area (TPSA) is 105 Å². The zero-order chi connectivity index (χ0) is 14.1. The van der Waals surface area contributed by atoms with Gasteiger partial charge in [-0.25, -0.2) is 0 Å². The normalized spacial score (nSPS) is 9.32. The molecule has 1 rings (SSSR count). The Morgan fingerprint density at radius 2 is 2.21 bits per heavy atom. The molecule has 0 saturated heterocycles. The highest BCUT2D eigenvalue weighted by atomic mass is 16.2. The molecule has 0 aliphatic heterocycles. The van der Waals surface area contributed by atoms with Crippen molar-refractivity contribution < 1.29 is 14.7 Å². The number of nitrogens with zero attached hydrogens (tertiary/aromatic N) is 1. The van der Waals surface area contributed by atoms with Crippen molar-refractivity contribution in [2.45, 2.75) is 12.8 Å². The number of aliphatic hydroxyl groups is 1. The summed E-state index contributed by atoms with van der Waals surface area (Å²) in [5, 5.41) is 11.2. The first kappa shape index (κ1) is 14.7. The van der Waals surface area contributed by atoms with E-state index in [9.17, 15) is 9.59 Å². The maximum atomic E-state index is 11.7. The minimum atomic E-state index is -0.470. The fourth-order valence-corrected chi connectivity index (χ4v) is 1.25. The van der Waals surface area contributed by atoms with Gasteiger partial charge in [-0.3, -0.25) is 14.6 Å². The minimum Gasteiger partial charge on any atom is -0.395 e. The third kappa shape index (κ3) is 5.66. The molecule has 100 valence electrons. The molecule has 0 unspecified atom stereocenters. The van der Waals surface area contributed by atoms with Gasteiger partial charge in [0, 0.05) is 37.3 Å². The van der Waals surface area contributed by atoms with Gasteiger partial charge in [0.05, 0.1) is 12.2 Å². The number of aliphatic hydroxyl groups excluding tert-OH is 1. The van der Waals surface area contributed by atoms with Gasteiger partial charge in [-0.1, -0.05) is 11.8 Å². The van der Waals surface area contributed by atoms with E-state index in [1.807, 2.05) is 0 Å². The van der Waals surface area contributed by atoms with Crippen LogP contribution in [-0.2, 0) is 4.79 Å². The third-order valence-electron chi connectivity index (χ3n) is 2.13. The lowest BCUT2D eigenvalue weighted by atomic mass is 10.2. The molecule has 0 bridgehead atoms. The van der Waals surface area contributed by atoms with Crippen molar-refractivity contribution in [1.29, 1.82) is 0 Å². The lowest BCUT2D eigenvalue weighted by Gasteiger charge is -2.03. The first-order chi connectivity index (χ1) is 9.13. The molecule has 0 radical (unpaired) electrons. The Morgan fingerprint density at radius 3 is 2.89 bits per heavy atom. The summed E-state index contributed by atoms with van der Waals surface area (Å²) in [4.78, 5) is 26.2. The van der Waals surface area contributed by atoms with Crippen molar-refractivity contribution in [3.05, 3.63) is 29.6 Å². The Bertz CT molecular complexity index is 517.